The molecule has 0 heterocycles. The van der Waals surface area contributed by atoms with Crippen molar-refractivity contribution >= 4 is 17.7 Å². The Bertz CT molecular complexity index is 246. The fourth-order valence-electron chi connectivity index (χ4n) is 1.13. The molecule has 86 valence electrons. The third kappa shape index (κ3) is 5.83. The first-order valence-electron chi connectivity index (χ1n) is 4.65. The van der Waals surface area contributed by atoms with Gasteiger partial charge in [-0.1, -0.05) is 0 Å². The Kier molecular flexibility index (Phi) is 6.33. The van der Waals surface area contributed by atoms with Crippen LogP contribution in [0.3, 0.4) is 0 Å². The lowest BCUT2D eigenvalue weighted by Crippen LogP contribution is -2.18. The van der Waals surface area contributed by atoms with Gasteiger partial charge in [0.1, 0.15) is 5.78 Å². The zero-order valence-corrected chi connectivity index (χ0v) is 9.24. The van der Waals surface area contributed by atoms with Crippen LogP contribution in [0.2, 0.25) is 0 Å². The van der Waals surface area contributed by atoms with Crippen molar-refractivity contribution in [2.24, 2.45) is 5.92 Å². The number of Topliss-reactive ketones (excluding diaryl/α,β-unsaturated/α-hetero) is 1. The molecular weight excluding hydrogens is 200 g/mol. The summed E-state index contributed by atoms with van der Waals surface area (Å²) in [6, 6.07) is 0. The molecule has 0 aromatic heterocycles. The van der Waals surface area contributed by atoms with Gasteiger partial charge in [-0.15, -0.1) is 0 Å². The van der Waals surface area contributed by atoms with Gasteiger partial charge in [0.05, 0.1) is 20.6 Å². The Hall–Kier alpha value is -1.39. The van der Waals surface area contributed by atoms with Crippen molar-refractivity contribution in [1.82, 2.24) is 0 Å². The largest absolute Gasteiger partial charge is 0.469 e. The molecule has 0 radical (unpaired) electrons. The Labute approximate surface area is 88.7 Å². The summed E-state index contributed by atoms with van der Waals surface area (Å²) < 4.78 is 8.90. The molecule has 0 aliphatic heterocycles. The van der Waals surface area contributed by atoms with Crippen LogP contribution in [0.5, 0.6) is 0 Å². The van der Waals surface area contributed by atoms with Crippen molar-refractivity contribution in [2.45, 2.75) is 26.2 Å². The minimum Gasteiger partial charge on any atom is -0.469 e. The molecule has 0 bridgehead atoms. The maximum atomic E-state index is 11.1. The lowest BCUT2D eigenvalue weighted by Gasteiger charge is -2.10. The molecule has 0 spiro atoms. The topological polar surface area (TPSA) is 69.7 Å². The molecule has 0 aliphatic carbocycles. The predicted molar refractivity (Wildman–Crippen MR) is 52.1 cm³/mol. The SMILES string of the molecule is COC(=O)CC[C@@H](CC(=O)OC)C(C)=O. The van der Waals surface area contributed by atoms with E-state index in [4.69, 9.17) is 0 Å². The normalized spacial score (nSPS) is 11.7. The molecule has 5 nitrogen and oxygen atoms in total. The number of carbonyl (C=O) groups is 3. The zero-order chi connectivity index (χ0) is 11.8. The van der Waals surface area contributed by atoms with Gasteiger partial charge >= 0.3 is 11.9 Å². The van der Waals surface area contributed by atoms with E-state index in [9.17, 15) is 14.4 Å². The van der Waals surface area contributed by atoms with E-state index in [2.05, 4.69) is 9.47 Å². The first-order valence-corrected chi connectivity index (χ1v) is 4.65. The van der Waals surface area contributed by atoms with E-state index in [-0.39, 0.29) is 24.6 Å². The number of ketones is 1. The minimum absolute atomic E-state index is 0.0167. The summed E-state index contributed by atoms with van der Waals surface area (Å²) in [6.07, 6.45) is 0.470. The van der Waals surface area contributed by atoms with Gasteiger partial charge in [-0.3, -0.25) is 14.4 Å². The quantitative estimate of drug-likeness (QED) is 0.611. The van der Waals surface area contributed by atoms with Crippen LogP contribution in [0.1, 0.15) is 26.2 Å². The lowest BCUT2D eigenvalue weighted by atomic mass is 9.95. The third-order valence-electron chi connectivity index (χ3n) is 2.14. The first-order chi connectivity index (χ1) is 7.01. The predicted octanol–water partition coefficient (Wildman–Crippen LogP) is 0.708. The molecule has 0 saturated heterocycles. The molecular formula is C10H16O5. The number of esters is 2. The Morgan fingerprint density at radius 1 is 1.07 bits per heavy atom. The van der Waals surface area contributed by atoms with E-state index in [1.54, 1.807) is 0 Å². The maximum absolute atomic E-state index is 11.1. The standard InChI is InChI=1S/C10H16O5/c1-7(11)8(6-10(13)15-3)4-5-9(12)14-2/h8H,4-6H2,1-3H3/t8-/m0/s1. The highest BCUT2D eigenvalue weighted by molar-refractivity contribution is 5.84. The van der Waals surface area contributed by atoms with E-state index in [0.29, 0.717) is 6.42 Å². The van der Waals surface area contributed by atoms with Crippen LogP contribution in [0.15, 0.2) is 0 Å². The van der Waals surface area contributed by atoms with Crippen LogP contribution in [0.4, 0.5) is 0 Å². The number of methoxy groups -OCH3 is 2. The van der Waals surface area contributed by atoms with Gasteiger partial charge in [0.15, 0.2) is 0 Å². The molecule has 0 aliphatic rings. The summed E-state index contributed by atoms with van der Waals surface area (Å²) in [6.45, 7) is 1.39. The highest BCUT2D eigenvalue weighted by Gasteiger charge is 2.20. The number of ether oxygens (including phenoxy) is 2. The minimum atomic E-state index is -0.462. The van der Waals surface area contributed by atoms with E-state index in [1.807, 2.05) is 0 Å². The summed E-state index contributed by atoms with van der Waals surface area (Å²) in [5.74, 6) is -1.41. The number of carbonyl (C=O) groups excluding carboxylic acids is 3. The summed E-state index contributed by atoms with van der Waals surface area (Å²) in [5, 5.41) is 0. The summed E-state index contributed by atoms with van der Waals surface area (Å²) in [5.41, 5.74) is 0. The molecule has 0 saturated carbocycles. The van der Waals surface area contributed by atoms with Crippen molar-refractivity contribution < 1.29 is 23.9 Å². The van der Waals surface area contributed by atoms with Crippen LogP contribution >= 0.6 is 0 Å². The Morgan fingerprint density at radius 2 is 1.60 bits per heavy atom. The lowest BCUT2D eigenvalue weighted by molar-refractivity contribution is -0.145. The van der Waals surface area contributed by atoms with Crippen molar-refractivity contribution in [3.05, 3.63) is 0 Å². The smallest absolute Gasteiger partial charge is 0.306 e. The number of hydrogen-bond donors (Lipinski definition) is 0. The van der Waals surface area contributed by atoms with Crippen molar-refractivity contribution in [1.29, 1.82) is 0 Å². The number of hydrogen-bond acceptors (Lipinski definition) is 5. The molecule has 0 unspecified atom stereocenters. The molecule has 5 heteroatoms. The average Bonchev–Trinajstić information content (AvgIpc) is 2.22. The van der Waals surface area contributed by atoms with Crippen LogP contribution in [0.25, 0.3) is 0 Å². The van der Waals surface area contributed by atoms with Gasteiger partial charge < -0.3 is 9.47 Å². The van der Waals surface area contributed by atoms with Gasteiger partial charge in [0, 0.05) is 12.3 Å². The molecule has 0 amide bonds. The fourth-order valence-corrected chi connectivity index (χ4v) is 1.13. The average molecular weight is 216 g/mol. The third-order valence-corrected chi connectivity index (χ3v) is 2.14. The van der Waals surface area contributed by atoms with Crippen LogP contribution < -0.4 is 0 Å². The van der Waals surface area contributed by atoms with Crippen LogP contribution in [0, 0.1) is 5.92 Å². The highest BCUT2D eigenvalue weighted by Crippen LogP contribution is 2.13. The summed E-state index contributed by atoms with van der Waals surface area (Å²) in [4.78, 5) is 32.9. The number of rotatable bonds is 6. The van der Waals surface area contributed by atoms with Gasteiger partial charge in [-0.05, 0) is 13.3 Å². The molecule has 0 aromatic carbocycles. The second-order valence-corrected chi connectivity index (χ2v) is 3.20. The van der Waals surface area contributed by atoms with Crippen molar-refractivity contribution in [2.75, 3.05) is 14.2 Å². The van der Waals surface area contributed by atoms with E-state index >= 15 is 0 Å². The van der Waals surface area contributed by atoms with Crippen molar-refractivity contribution in [3.8, 4) is 0 Å². The van der Waals surface area contributed by atoms with Gasteiger partial charge in [0.2, 0.25) is 0 Å². The van der Waals surface area contributed by atoms with Crippen molar-refractivity contribution in [3.63, 3.8) is 0 Å². The molecule has 1 atom stereocenters. The maximum Gasteiger partial charge on any atom is 0.306 e. The summed E-state index contributed by atoms with van der Waals surface area (Å²) in [7, 11) is 2.55. The molecule has 0 aromatic rings. The second-order valence-electron chi connectivity index (χ2n) is 3.20. The molecule has 0 N–H and O–H groups in total. The Balaban J connectivity index is 4.11. The molecule has 0 fully saturated rings. The van der Waals surface area contributed by atoms with E-state index in [0.717, 1.165) is 0 Å². The second kappa shape index (κ2) is 6.98. The fraction of sp³-hybridized carbons (Fsp3) is 0.700. The van der Waals surface area contributed by atoms with E-state index in [1.165, 1.54) is 21.1 Å². The first kappa shape index (κ1) is 13.6. The monoisotopic (exact) mass is 216 g/mol. The Morgan fingerprint density at radius 3 is 2.00 bits per heavy atom. The van der Waals surface area contributed by atoms with Gasteiger partial charge in [0.25, 0.3) is 0 Å². The van der Waals surface area contributed by atoms with Gasteiger partial charge in [-0.2, -0.15) is 0 Å². The molecule has 15 heavy (non-hydrogen) atoms. The van der Waals surface area contributed by atoms with Crippen LogP contribution in [-0.4, -0.2) is 31.9 Å². The van der Waals surface area contributed by atoms with Gasteiger partial charge in [-0.25, -0.2) is 0 Å². The summed E-state index contributed by atoms with van der Waals surface area (Å²) >= 11 is 0. The van der Waals surface area contributed by atoms with Crippen LogP contribution in [-0.2, 0) is 23.9 Å². The zero-order valence-electron chi connectivity index (χ0n) is 9.24. The highest BCUT2D eigenvalue weighted by atomic mass is 16.5. The molecule has 0 rings (SSSR count). The van der Waals surface area contributed by atoms with E-state index < -0.39 is 11.9 Å².